The summed E-state index contributed by atoms with van der Waals surface area (Å²) in [6.45, 7) is 28.8. The lowest BCUT2D eigenvalue weighted by atomic mass is 10.2. The van der Waals surface area contributed by atoms with E-state index in [9.17, 15) is 0 Å². The van der Waals surface area contributed by atoms with Crippen molar-refractivity contribution in [2.45, 2.75) is 123 Å². The molecule has 0 spiro atoms. The average molecular weight is 437 g/mol. The Bertz CT molecular complexity index is 560. The molecule has 1 aromatic rings. The Kier molecular flexibility index (Phi) is 9.70. The third-order valence-electron chi connectivity index (χ3n) is 7.12. The van der Waals surface area contributed by atoms with Crippen molar-refractivity contribution >= 4 is 16.6 Å². The maximum Gasteiger partial charge on any atom is 0.258 e. The average Bonchev–Trinajstić information content (AvgIpc) is 2.59. The molecule has 1 rings (SSSR count). The largest absolute Gasteiger partial charge is 0.543 e. The Morgan fingerprint density at radius 3 is 1.21 bits per heavy atom. The van der Waals surface area contributed by atoms with Gasteiger partial charge in [-0.3, -0.25) is 0 Å². The number of rotatable bonds is 11. The first-order chi connectivity index (χ1) is 13.3. The van der Waals surface area contributed by atoms with E-state index in [0.717, 1.165) is 5.75 Å². The number of benzene rings is 1. The Morgan fingerprint density at radius 1 is 0.552 bits per heavy atom. The van der Waals surface area contributed by atoms with Crippen molar-refractivity contribution in [2.75, 3.05) is 0 Å². The fraction of sp³-hybridized carbons (Fsp3) is 0.760. The van der Waals surface area contributed by atoms with E-state index in [1.807, 2.05) is 0 Å². The van der Waals surface area contributed by atoms with Crippen molar-refractivity contribution in [2.24, 2.45) is 0 Å². The fourth-order valence-corrected chi connectivity index (χ4v) is 16.6. The van der Waals surface area contributed by atoms with Crippen LogP contribution in [0.3, 0.4) is 0 Å². The van der Waals surface area contributed by atoms with Crippen LogP contribution in [-0.4, -0.2) is 16.6 Å². The van der Waals surface area contributed by atoms with E-state index in [-0.39, 0.29) is 0 Å². The van der Waals surface area contributed by atoms with Crippen LogP contribution >= 0.6 is 0 Å². The van der Waals surface area contributed by atoms with Gasteiger partial charge in [0, 0.05) is 0 Å². The molecule has 0 aliphatic carbocycles. The van der Waals surface area contributed by atoms with Crippen LogP contribution in [0.15, 0.2) is 24.3 Å². The van der Waals surface area contributed by atoms with Crippen molar-refractivity contribution in [3.8, 4) is 5.75 Å². The van der Waals surface area contributed by atoms with Gasteiger partial charge in [0.05, 0.1) is 6.61 Å². The van der Waals surface area contributed by atoms with Crippen molar-refractivity contribution in [1.29, 1.82) is 0 Å². The topological polar surface area (TPSA) is 18.5 Å². The molecule has 0 bridgehead atoms. The van der Waals surface area contributed by atoms with Gasteiger partial charge in [0.25, 0.3) is 8.32 Å². The monoisotopic (exact) mass is 436 g/mol. The quantitative estimate of drug-likeness (QED) is 0.322. The summed E-state index contributed by atoms with van der Waals surface area (Å²) in [6.07, 6.45) is 0. The highest BCUT2D eigenvalue weighted by atomic mass is 28.4. The van der Waals surface area contributed by atoms with Gasteiger partial charge in [-0.25, -0.2) is 0 Å². The minimum atomic E-state index is -1.90. The van der Waals surface area contributed by atoms with Gasteiger partial charge in [-0.05, 0) is 50.9 Å². The molecule has 0 heterocycles. The highest BCUT2D eigenvalue weighted by Gasteiger charge is 2.47. The third-order valence-corrected chi connectivity index (χ3v) is 19.2. The third kappa shape index (κ3) is 5.56. The summed E-state index contributed by atoms with van der Waals surface area (Å²) in [4.78, 5) is 0. The first-order valence-corrected chi connectivity index (χ1v) is 16.0. The molecule has 29 heavy (non-hydrogen) atoms. The lowest BCUT2D eigenvalue weighted by Crippen LogP contribution is -2.50. The molecule has 0 atom stereocenters. The molecule has 0 aliphatic rings. The smallest absolute Gasteiger partial charge is 0.258 e. The lowest BCUT2D eigenvalue weighted by molar-refractivity contribution is 0.266. The summed E-state index contributed by atoms with van der Waals surface area (Å²) < 4.78 is 13.6. The Hall–Kier alpha value is -0.586. The van der Waals surface area contributed by atoms with Crippen LogP contribution in [0.5, 0.6) is 5.75 Å². The van der Waals surface area contributed by atoms with Gasteiger partial charge < -0.3 is 8.85 Å². The van der Waals surface area contributed by atoms with Gasteiger partial charge in [-0.15, -0.1) is 0 Å². The van der Waals surface area contributed by atoms with Crippen LogP contribution < -0.4 is 4.43 Å². The molecule has 0 saturated carbocycles. The second-order valence-corrected chi connectivity index (χ2v) is 21.5. The van der Waals surface area contributed by atoms with Crippen LogP contribution in [0.2, 0.25) is 33.2 Å². The molecular formula is C25H48O2Si2. The van der Waals surface area contributed by atoms with E-state index in [4.69, 9.17) is 8.85 Å². The molecule has 0 radical (unpaired) electrons. The molecule has 0 fully saturated rings. The molecule has 0 N–H and O–H groups in total. The SMILES string of the molecule is CC(C)[Si](OCc1ccc(O[Si](C(C)C)(C(C)C)C(C)C)cc1)(C(C)C)C(C)C. The van der Waals surface area contributed by atoms with E-state index in [1.54, 1.807) is 0 Å². The Morgan fingerprint density at radius 2 is 0.897 bits per heavy atom. The van der Waals surface area contributed by atoms with Gasteiger partial charge >= 0.3 is 0 Å². The van der Waals surface area contributed by atoms with E-state index >= 15 is 0 Å². The molecule has 1 aromatic carbocycles. The highest BCUT2D eigenvalue weighted by Crippen LogP contribution is 2.44. The second kappa shape index (κ2) is 10.6. The zero-order valence-corrected chi connectivity index (χ0v) is 23.3. The minimum Gasteiger partial charge on any atom is -0.543 e. The van der Waals surface area contributed by atoms with Crippen LogP contribution in [0, 0.1) is 0 Å². The molecule has 2 nitrogen and oxygen atoms in total. The molecule has 0 aromatic heterocycles. The summed E-state index contributed by atoms with van der Waals surface area (Å²) in [7, 11) is -3.73. The number of hydrogen-bond acceptors (Lipinski definition) is 2. The summed E-state index contributed by atoms with van der Waals surface area (Å²) in [5.74, 6) is 1.02. The molecule has 0 aliphatic heterocycles. The van der Waals surface area contributed by atoms with Gasteiger partial charge in [0.15, 0.2) is 0 Å². The fourth-order valence-electron chi connectivity index (χ4n) is 5.92. The summed E-state index contributed by atoms with van der Waals surface area (Å²) >= 11 is 0. The zero-order valence-electron chi connectivity index (χ0n) is 21.3. The molecular weight excluding hydrogens is 388 g/mol. The van der Waals surface area contributed by atoms with Crippen molar-refractivity contribution in [3.63, 3.8) is 0 Å². The zero-order chi connectivity index (χ0) is 22.6. The van der Waals surface area contributed by atoms with Crippen LogP contribution in [0.1, 0.15) is 88.6 Å². The van der Waals surface area contributed by atoms with Crippen molar-refractivity contribution in [3.05, 3.63) is 29.8 Å². The van der Waals surface area contributed by atoms with E-state index < -0.39 is 16.6 Å². The molecule has 0 amide bonds. The number of hydrogen-bond donors (Lipinski definition) is 0. The molecule has 168 valence electrons. The second-order valence-electron chi connectivity index (χ2n) is 10.7. The maximum absolute atomic E-state index is 6.81. The minimum absolute atomic E-state index is 0.584. The summed E-state index contributed by atoms with van der Waals surface area (Å²) in [5.41, 5.74) is 4.84. The van der Waals surface area contributed by atoms with Crippen molar-refractivity contribution in [1.82, 2.24) is 0 Å². The Labute approximate surface area is 184 Å². The Balaban J connectivity index is 3.02. The molecule has 0 saturated heterocycles. The van der Waals surface area contributed by atoms with Gasteiger partial charge in [-0.2, -0.15) is 0 Å². The van der Waals surface area contributed by atoms with E-state index in [0.29, 0.717) is 39.9 Å². The lowest BCUT2D eigenvalue weighted by Gasteiger charge is -2.42. The molecule has 0 unspecified atom stereocenters. The van der Waals surface area contributed by atoms with Gasteiger partial charge in [-0.1, -0.05) is 95.2 Å². The molecule has 4 heteroatoms. The highest BCUT2D eigenvalue weighted by molar-refractivity contribution is 6.78. The maximum atomic E-state index is 6.81. The van der Waals surface area contributed by atoms with Crippen molar-refractivity contribution < 1.29 is 8.85 Å². The van der Waals surface area contributed by atoms with E-state index in [2.05, 4.69) is 107 Å². The van der Waals surface area contributed by atoms with Gasteiger partial charge in [0.2, 0.25) is 8.32 Å². The van der Waals surface area contributed by atoms with Crippen LogP contribution in [0.4, 0.5) is 0 Å². The standard InChI is InChI=1S/C25H48O2Si2/c1-18(2)28(19(3)4,20(5)6)26-17-24-13-15-25(16-14-24)27-29(21(7)8,22(9)10)23(11)12/h13-16,18-23H,17H2,1-12H3. The van der Waals surface area contributed by atoms with Crippen LogP contribution in [0.25, 0.3) is 0 Å². The predicted molar refractivity (Wildman–Crippen MR) is 134 cm³/mol. The summed E-state index contributed by atoms with van der Waals surface area (Å²) in [6, 6.07) is 8.74. The first kappa shape index (κ1) is 26.4. The van der Waals surface area contributed by atoms with E-state index in [1.165, 1.54) is 5.56 Å². The van der Waals surface area contributed by atoms with Crippen LogP contribution in [-0.2, 0) is 11.0 Å². The first-order valence-electron chi connectivity index (χ1n) is 11.7. The predicted octanol–water partition coefficient (Wildman–Crippen LogP) is 8.93. The normalized spacial score (nSPS) is 13.6. The van der Waals surface area contributed by atoms with Gasteiger partial charge in [0.1, 0.15) is 5.75 Å². The summed E-state index contributed by atoms with van der Waals surface area (Å²) in [5, 5.41) is 0.